The Labute approximate surface area is 213 Å². The Kier molecular flexibility index (Phi) is 5.29. The number of aryl methyl sites for hydroxylation is 2. The molecule has 0 spiro atoms. The lowest BCUT2D eigenvalue weighted by molar-refractivity contribution is -0.118. The van der Waals surface area contributed by atoms with Crippen LogP contribution in [0.1, 0.15) is 55.0 Å². The van der Waals surface area contributed by atoms with E-state index >= 15 is 0 Å². The van der Waals surface area contributed by atoms with Gasteiger partial charge in [0.2, 0.25) is 0 Å². The summed E-state index contributed by atoms with van der Waals surface area (Å²) < 4.78 is 2.32. The standard InChI is InChI=1S/C32H33N3O/c1-20-14-25-26(15-21(20)2)34-31(30-27(33-25)16-32(3,4)17-29(30)36)24-19-35(18-22-10-6-5-7-11-22)28-13-9-8-12-23(24)28/h5-15,19,31,33-34H,16-18H2,1-4H3. The number of benzene rings is 3. The molecule has 2 heterocycles. The third kappa shape index (κ3) is 3.91. The molecular weight excluding hydrogens is 442 g/mol. The van der Waals surface area contributed by atoms with Gasteiger partial charge in [0, 0.05) is 46.9 Å². The van der Waals surface area contributed by atoms with Crippen LogP contribution < -0.4 is 10.6 Å². The monoisotopic (exact) mass is 475 g/mol. The summed E-state index contributed by atoms with van der Waals surface area (Å²) >= 11 is 0. The van der Waals surface area contributed by atoms with Crippen LogP contribution in [0.15, 0.2) is 84.2 Å². The summed E-state index contributed by atoms with van der Waals surface area (Å²) in [6, 6.07) is 23.3. The Morgan fingerprint density at radius 1 is 0.917 bits per heavy atom. The van der Waals surface area contributed by atoms with E-state index in [-0.39, 0.29) is 17.2 Å². The number of carbonyl (C=O) groups is 1. The summed E-state index contributed by atoms with van der Waals surface area (Å²) in [6.45, 7) is 9.45. The van der Waals surface area contributed by atoms with Crippen LogP contribution >= 0.6 is 0 Å². The van der Waals surface area contributed by atoms with Crippen molar-refractivity contribution in [2.75, 3.05) is 10.6 Å². The zero-order valence-corrected chi connectivity index (χ0v) is 21.5. The molecule has 0 fully saturated rings. The number of hydrogen-bond donors (Lipinski definition) is 2. The van der Waals surface area contributed by atoms with Gasteiger partial charge in [-0.3, -0.25) is 4.79 Å². The molecule has 2 N–H and O–H groups in total. The number of aromatic nitrogens is 1. The zero-order chi connectivity index (χ0) is 25.0. The largest absolute Gasteiger partial charge is 0.372 e. The minimum absolute atomic E-state index is 0.0704. The van der Waals surface area contributed by atoms with Gasteiger partial charge in [0.1, 0.15) is 0 Å². The predicted molar refractivity (Wildman–Crippen MR) is 148 cm³/mol. The van der Waals surface area contributed by atoms with Crippen molar-refractivity contribution in [3.63, 3.8) is 0 Å². The van der Waals surface area contributed by atoms with E-state index in [1.807, 2.05) is 0 Å². The topological polar surface area (TPSA) is 46.1 Å². The summed E-state index contributed by atoms with van der Waals surface area (Å²) in [5, 5.41) is 8.70. The zero-order valence-electron chi connectivity index (χ0n) is 21.5. The first-order valence-corrected chi connectivity index (χ1v) is 12.8. The van der Waals surface area contributed by atoms with Crippen molar-refractivity contribution >= 4 is 28.1 Å². The Morgan fingerprint density at radius 3 is 2.39 bits per heavy atom. The van der Waals surface area contributed by atoms with Gasteiger partial charge in [-0.1, -0.05) is 62.4 Å². The number of nitrogens with zero attached hydrogens (tertiary/aromatic N) is 1. The lowest BCUT2D eigenvalue weighted by Gasteiger charge is -2.34. The number of allylic oxidation sites excluding steroid dienone is 1. The maximum absolute atomic E-state index is 13.8. The van der Waals surface area contributed by atoms with Crippen LogP contribution in [0.4, 0.5) is 11.4 Å². The molecule has 182 valence electrons. The number of fused-ring (bicyclic) bond motifs is 2. The smallest absolute Gasteiger partial charge is 0.163 e. The van der Waals surface area contributed by atoms with Crippen molar-refractivity contribution in [1.29, 1.82) is 0 Å². The Hall–Kier alpha value is -3.79. The Morgan fingerprint density at radius 2 is 1.61 bits per heavy atom. The predicted octanol–water partition coefficient (Wildman–Crippen LogP) is 7.53. The molecule has 1 aromatic heterocycles. The first-order valence-electron chi connectivity index (χ1n) is 12.8. The molecule has 1 aliphatic carbocycles. The highest BCUT2D eigenvalue weighted by atomic mass is 16.1. The molecule has 0 saturated heterocycles. The van der Waals surface area contributed by atoms with Gasteiger partial charge >= 0.3 is 0 Å². The van der Waals surface area contributed by atoms with Crippen LogP contribution in [0.5, 0.6) is 0 Å². The Bertz CT molecular complexity index is 1520. The molecule has 4 nitrogen and oxygen atoms in total. The molecule has 0 amide bonds. The van der Waals surface area contributed by atoms with Gasteiger partial charge in [-0.2, -0.15) is 0 Å². The molecular formula is C32H33N3O. The van der Waals surface area contributed by atoms with Crippen molar-refractivity contribution < 1.29 is 4.79 Å². The second-order valence-corrected chi connectivity index (χ2v) is 11.2. The molecule has 2 aliphatic rings. The summed E-state index contributed by atoms with van der Waals surface area (Å²) in [5.74, 6) is 0.229. The highest BCUT2D eigenvalue weighted by Crippen LogP contribution is 2.47. The van der Waals surface area contributed by atoms with Crippen molar-refractivity contribution in [2.45, 2.75) is 53.1 Å². The average molecular weight is 476 g/mol. The van der Waals surface area contributed by atoms with E-state index in [0.717, 1.165) is 41.2 Å². The van der Waals surface area contributed by atoms with Crippen LogP contribution in [0, 0.1) is 19.3 Å². The fourth-order valence-corrected chi connectivity index (χ4v) is 5.86. The highest BCUT2D eigenvalue weighted by molar-refractivity contribution is 6.02. The van der Waals surface area contributed by atoms with E-state index in [1.54, 1.807) is 0 Å². The summed E-state index contributed by atoms with van der Waals surface area (Å²) in [7, 11) is 0. The molecule has 6 rings (SSSR count). The van der Waals surface area contributed by atoms with Gasteiger partial charge in [-0.25, -0.2) is 0 Å². The van der Waals surface area contributed by atoms with Gasteiger partial charge in [-0.15, -0.1) is 0 Å². The summed E-state index contributed by atoms with van der Waals surface area (Å²) in [4.78, 5) is 13.8. The minimum atomic E-state index is -0.221. The number of nitrogens with one attached hydrogen (secondary N) is 2. The Balaban J connectivity index is 1.55. The normalized spacial score (nSPS) is 18.8. The van der Waals surface area contributed by atoms with Crippen molar-refractivity contribution in [1.82, 2.24) is 4.57 Å². The number of ketones is 1. The molecule has 4 aromatic rings. The van der Waals surface area contributed by atoms with E-state index in [0.29, 0.717) is 6.42 Å². The van der Waals surface area contributed by atoms with E-state index in [1.165, 1.54) is 27.6 Å². The molecule has 0 saturated carbocycles. The van der Waals surface area contributed by atoms with Gasteiger partial charge in [0.05, 0.1) is 17.4 Å². The fourth-order valence-electron chi connectivity index (χ4n) is 5.86. The molecule has 4 heteroatoms. The average Bonchev–Trinajstić information content (AvgIpc) is 3.11. The maximum atomic E-state index is 13.8. The van der Waals surface area contributed by atoms with Crippen molar-refractivity contribution in [2.24, 2.45) is 5.41 Å². The second-order valence-electron chi connectivity index (χ2n) is 11.2. The van der Waals surface area contributed by atoms with Crippen LogP contribution in [0.25, 0.3) is 10.9 Å². The lowest BCUT2D eigenvalue weighted by atomic mass is 9.73. The van der Waals surface area contributed by atoms with Crippen LogP contribution in [-0.4, -0.2) is 10.4 Å². The van der Waals surface area contributed by atoms with Crippen LogP contribution in [-0.2, 0) is 11.3 Å². The van der Waals surface area contributed by atoms with Crippen LogP contribution in [0.2, 0.25) is 0 Å². The highest BCUT2D eigenvalue weighted by Gasteiger charge is 2.39. The van der Waals surface area contributed by atoms with E-state index < -0.39 is 0 Å². The molecule has 1 aliphatic heterocycles. The van der Waals surface area contributed by atoms with Gasteiger partial charge in [0.15, 0.2) is 5.78 Å². The van der Waals surface area contributed by atoms with Gasteiger partial charge in [0.25, 0.3) is 0 Å². The lowest BCUT2D eigenvalue weighted by Crippen LogP contribution is -2.31. The first kappa shape index (κ1) is 22.7. The minimum Gasteiger partial charge on any atom is -0.372 e. The van der Waals surface area contributed by atoms with E-state index in [9.17, 15) is 4.79 Å². The SMILES string of the molecule is Cc1cc2c(cc1C)NC(c1cn(Cc3ccccc3)c3ccccc13)C1=C(CC(C)(C)CC1=O)N2. The quantitative estimate of drug-likeness (QED) is 0.322. The third-order valence-electron chi connectivity index (χ3n) is 7.75. The molecule has 1 atom stereocenters. The van der Waals surface area contributed by atoms with E-state index in [4.69, 9.17) is 0 Å². The van der Waals surface area contributed by atoms with Crippen LogP contribution in [0.3, 0.4) is 0 Å². The third-order valence-corrected chi connectivity index (χ3v) is 7.75. The van der Waals surface area contributed by atoms with Crippen molar-refractivity contribution in [3.8, 4) is 0 Å². The molecule has 0 bridgehead atoms. The first-order chi connectivity index (χ1) is 17.3. The summed E-state index contributed by atoms with van der Waals surface area (Å²) in [5.41, 5.74) is 10.0. The number of para-hydroxylation sites is 1. The molecule has 36 heavy (non-hydrogen) atoms. The summed E-state index contributed by atoms with van der Waals surface area (Å²) in [6.07, 6.45) is 3.66. The fraction of sp³-hybridized carbons (Fsp3) is 0.281. The molecule has 1 unspecified atom stereocenters. The molecule has 3 aromatic carbocycles. The molecule has 0 radical (unpaired) electrons. The number of carbonyl (C=O) groups excluding carboxylic acids is 1. The number of rotatable bonds is 3. The van der Waals surface area contributed by atoms with Gasteiger partial charge in [-0.05, 0) is 60.6 Å². The van der Waals surface area contributed by atoms with Gasteiger partial charge < -0.3 is 15.2 Å². The van der Waals surface area contributed by atoms with Crippen molar-refractivity contribution in [3.05, 3.63) is 106 Å². The maximum Gasteiger partial charge on any atom is 0.163 e. The number of hydrogen-bond acceptors (Lipinski definition) is 3. The number of anilines is 2. The second kappa shape index (κ2) is 8.41. The number of Topliss-reactive ketones (excluding diaryl/α,β-unsaturated/α-hetero) is 1. The van der Waals surface area contributed by atoms with E-state index in [2.05, 4.69) is 116 Å².